The average Bonchev–Trinajstić information content (AvgIpc) is 3.19. The smallest absolute Gasteiger partial charge is 0.274 e. The van der Waals surface area contributed by atoms with Crippen molar-refractivity contribution in [1.82, 2.24) is 9.38 Å². The number of benzene rings is 2. The third-order valence-corrected chi connectivity index (χ3v) is 6.15. The van der Waals surface area contributed by atoms with Gasteiger partial charge in [-0.25, -0.2) is 9.38 Å². The highest BCUT2D eigenvalue weighted by atomic mass is 79.9. The van der Waals surface area contributed by atoms with Gasteiger partial charge >= 0.3 is 0 Å². The van der Waals surface area contributed by atoms with Gasteiger partial charge in [0, 0.05) is 0 Å². The van der Waals surface area contributed by atoms with Crippen LogP contribution in [0.5, 0.6) is 11.5 Å². The predicted octanol–water partition coefficient (Wildman–Crippen LogP) is 4.41. The van der Waals surface area contributed by atoms with Crippen LogP contribution in [-0.4, -0.2) is 22.6 Å². The Morgan fingerprint density at radius 1 is 1.32 bits per heavy atom. The summed E-state index contributed by atoms with van der Waals surface area (Å²) in [6.45, 7) is 4.08. The molecule has 0 aliphatic heterocycles. The van der Waals surface area contributed by atoms with E-state index < -0.39 is 0 Å². The van der Waals surface area contributed by atoms with Gasteiger partial charge < -0.3 is 9.47 Å². The van der Waals surface area contributed by atoms with Crippen molar-refractivity contribution in [3.63, 3.8) is 0 Å². The lowest BCUT2D eigenvalue weighted by molar-refractivity contribution is 0.206. The summed E-state index contributed by atoms with van der Waals surface area (Å²) >= 11 is 4.95. The van der Waals surface area contributed by atoms with Crippen LogP contribution >= 0.6 is 27.3 Å². The van der Waals surface area contributed by atoms with Crippen molar-refractivity contribution in [2.45, 2.75) is 26.4 Å². The van der Waals surface area contributed by atoms with Gasteiger partial charge in [0.15, 0.2) is 16.5 Å². The number of ether oxygens (including phenoxy) is 2. The minimum absolute atomic E-state index is 0.0660. The fourth-order valence-corrected chi connectivity index (χ4v) is 4.53. The molecule has 0 spiro atoms. The largest absolute Gasteiger partial charge is 0.493 e. The van der Waals surface area contributed by atoms with E-state index in [2.05, 4.69) is 27.8 Å². The first kappa shape index (κ1) is 19.0. The van der Waals surface area contributed by atoms with Crippen LogP contribution in [0.25, 0.3) is 22.1 Å². The lowest BCUT2D eigenvalue weighted by atomic mass is 10.2. The van der Waals surface area contributed by atoms with Crippen LogP contribution in [0.15, 0.2) is 45.7 Å². The monoisotopic (exact) mass is 458 g/mol. The summed E-state index contributed by atoms with van der Waals surface area (Å²) < 4.78 is 14.6. The zero-order chi connectivity index (χ0) is 19.8. The number of thiazole rings is 1. The van der Waals surface area contributed by atoms with Gasteiger partial charge in [-0.05, 0) is 65.2 Å². The van der Waals surface area contributed by atoms with Crippen LogP contribution < -0.4 is 19.6 Å². The Hall–Kier alpha value is -2.38. The molecule has 2 heterocycles. The number of fused-ring (bicyclic) bond motifs is 3. The van der Waals surface area contributed by atoms with E-state index in [9.17, 15) is 4.79 Å². The number of nitrogens with zero attached hydrogens (tertiary/aromatic N) is 2. The van der Waals surface area contributed by atoms with Crippen LogP contribution in [0, 0.1) is 0 Å². The number of imidazole rings is 1. The molecule has 0 amide bonds. The number of methoxy groups -OCH3 is 1. The number of rotatable bonds is 5. The third-order valence-electron chi connectivity index (χ3n) is 4.59. The minimum Gasteiger partial charge on any atom is -0.493 e. The summed E-state index contributed by atoms with van der Waals surface area (Å²) in [5, 5.41) is 0. The molecule has 1 atom stereocenters. The summed E-state index contributed by atoms with van der Waals surface area (Å²) in [5.41, 5.74) is 2.44. The highest BCUT2D eigenvalue weighted by Crippen LogP contribution is 2.37. The maximum atomic E-state index is 12.9. The van der Waals surface area contributed by atoms with E-state index in [0.29, 0.717) is 21.0 Å². The quantitative estimate of drug-likeness (QED) is 0.444. The highest BCUT2D eigenvalue weighted by Gasteiger charge is 2.15. The van der Waals surface area contributed by atoms with Crippen LogP contribution in [-0.2, 0) is 0 Å². The summed E-state index contributed by atoms with van der Waals surface area (Å²) in [6.07, 6.45) is 2.83. The topological polar surface area (TPSA) is 52.8 Å². The fraction of sp³-hybridized carbons (Fsp3) is 0.238. The maximum Gasteiger partial charge on any atom is 0.274 e. The van der Waals surface area contributed by atoms with Crippen LogP contribution in [0.3, 0.4) is 0 Å². The molecular weight excluding hydrogens is 440 g/mol. The molecule has 0 N–H and O–H groups in total. The van der Waals surface area contributed by atoms with Gasteiger partial charge in [-0.1, -0.05) is 30.4 Å². The molecule has 5 nitrogen and oxygen atoms in total. The van der Waals surface area contributed by atoms with Gasteiger partial charge in [0.2, 0.25) is 0 Å². The summed E-state index contributed by atoms with van der Waals surface area (Å²) in [7, 11) is 1.61. The number of halogens is 1. The molecular formula is C21H19BrN2O3S. The van der Waals surface area contributed by atoms with E-state index in [1.807, 2.05) is 49.4 Å². The van der Waals surface area contributed by atoms with Crippen molar-refractivity contribution >= 4 is 49.3 Å². The summed E-state index contributed by atoms with van der Waals surface area (Å²) in [6, 6.07) is 11.5. The molecule has 0 saturated heterocycles. The zero-order valence-corrected chi connectivity index (χ0v) is 18.1. The highest BCUT2D eigenvalue weighted by molar-refractivity contribution is 9.10. The molecule has 0 aliphatic rings. The van der Waals surface area contributed by atoms with E-state index in [4.69, 9.17) is 9.47 Å². The molecule has 0 fully saturated rings. The predicted molar refractivity (Wildman–Crippen MR) is 117 cm³/mol. The number of aromatic nitrogens is 2. The van der Waals surface area contributed by atoms with Crippen molar-refractivity contribution in [2.24, 2.45) is 0 Å². The molecule has 2 aromatic carbocycles. The van der Waals surface area contributed by atoms with E-state index in [0.717, 1.165) is 27.5 Å². The maximum absolute atomic E-state index is 12.9. The normalized spacial score (nSPS) is 13.4. The van der Waals surface area contributed by atoms with Gasteiger partial charge in [-0.3, -0.25) is 4.79 Å². The summed E-state index contributed by atoms with van der Waals surface area (Å²) in [4.78, 5) is 18.2. The fourth-order valence-electron chi connectivity index (χ4n) is 2.99. The SMILES string of the molecule is CC[C@@H](C)Oc1c(Br)cc(/C=c2\sc3nc4ccccc4n3c2=O)cc1OC. The molecule has 0 bridgehead atoms. The van der Waals surface area contributed by atoms with Crippen molar-refractivity contribution in [3.05, 3.63) is 61.3 Å². The standard InChI is InChI=1S/C21H19BrN2O3S/c1-4-12(2)27-19-14(22)9-13(10-17(19)26-3)11-18-20(25)24-16-8-6-5-7-15(16)23-21(24)28-18/h5-12H,4H2,1-3H3/b18-11-/t12-/m1/s1. The van der Waals surface area contributed by atoms with Gasteiger partial charge in [0.05, 0.1) is 33.3 Å². The van der Waals surface area contributed by atoms with E-state index in [1.165, 1.54) is 11.3 Å². The molecule has 0 unspecified atom stereocenters. The van der Waals surface area contributed by atoms with E-state index >= 15 is 0 Å². The summed E-state index contributed by atoms with van der Waals surface area (Å²) in [5.74, 6) is 1.29. The third kappa shape index (κ3) is 3.29. The Morgan fingerprint density at radius 3 is 2.86 bits per heavy atom. The first-order valence-electron chi connectivity index (χ1n) is 8.97. The van der Waals surface area contributed by atoms with E-state index in [1.54, 1.807) is 11.5 Å². The average molecular weight is 459 g/mol. The number of hydrogen-bond acceptors (Lipinski definition) is 5. The minimum atomic E-state index is -0.0660. The van der Waals surface area contributed by atoms with Crippen LogP contribution in [0.1, 0.15) is 25.8 Å². The second-order valence-electron chi connectivity index (χ2n) is 6.51. The van der Waals surface area contributed by atoms with Gasteiger partial charge in [0.25, 0.3) is 5.56 Å². The van der Waals surface area contributed by atoms with Crippen molar-refractivity contribution in [2.75, 3.05) is 7.11 Å². The van der Waals surface area contributed by atoms with Gasteiger partial charge in [-0.2, -0.15) is 0 Å². The van der Waals surface area contributed by atoms with Crippen LogP contribution in [0.4, 0.5) is 0 Å². The van der Waals surface area contributed by atoms with Crippen LogP contribution in [0.2, 0.25) is 0 Å². The number of para-hydroxylation sites is 2. The second-order valence-corrected chi connectivity index (χ2v) is 8.37. The first-order chi connectivity index (χ1) is 13.5. The molecule has 144 valence electrons. The van der Waals surface area contributed by atoms with Gasteiger partial charge in [0.1, 0.15) is 0 Å². The Kier molecular flexibility index (Phi) is 5.12. The number of hydrogen-bond donors (Lipinski definition) is 0. The Morgan fingerprint density at radius 2 is 2.11 bits per heavy atom. The Balaban J connectivity index is 1.84. The first-order valence-corrected chi connectivity index (χ1v) is 10.6. The lowest BCUT2D eigenvalue weighted by Crippen LogP contribution is -2.22. The van der Waals surface area contributed by atoms with Crippen molar-refractivity contribution in [1.29, 1.82) is 0 Å². The Labute approximate surface area is 174 Å². The molecule has 4 aromatic rings. The molecule has 2 aromatic heterocycles. The lowest BCUT2D eigenvalue weighted by Gasteiger charge is -2.17. The molecule has 0 radical (unpaired) electrons. The molecule has 4 rings (SSSR count). The van der Waals surface area contributed by atoms with Crippen molar-refractivity contribution < 1.29 is 9.47 Å². The zero-order valence-electron chi connectivity index (χ0n) is 15.7. The second kappa shape index (κ2) is 7.56. The molecule has 7 heteroatoms. The van der Waals surface area contributed by atoms with Gasteiger partial charge in [-0.15, -0.1) is 0 Å². The van der Waals surface area contributed by atoms with Crippen molar-refractivity contribution in [3.8, 4) is 11.5 Å². The molecule has 0 saturated carbocycles. The molecule has 0 aliphatic carbocycles. The Bertz CT molecular complexity index is 1280. The van der Waals surface area contributed by atoms with E-state index in [-0.39, 0.29) is 11.7 Å². The molecule has 28 heavy (non-hydrogen) atoms.